The van der Waals surface area contributed by atoms with Gasteiger partial charge in [-0.1, -0.05) is 32.9 Å². The molecular formula is C16H20N2O3. The summed E-state index contributed by atoms with van der Waals surface area (Å²) in [7, 11) is 0. The molecule has 3 rings (SSSR count). The zero-order chi connectivity index (χ0) is 15.2. The summed E-state index contributed by atoms with van der Waals surface area (Å²) in [5.74, 6) is -0.288. The maximum Gasteiger partial charge on any atom is 0.329 e. The van der Waals surface area contributed by atoms with E-state index < -0.39 is 6.04 Å². The highest BCUT2D eigenvalue weighted by atomic mass is 16.6. The summed E-state index contributed by atoms with van der Waals surface area (Å²) in [6.45, 7) is 6.93. The molecule has 0 aliphatic carbocycles. The minimum Gasteiger partial charge on any atom is -0.459 e. The molecule has 2 atom stereocenters. The Kier molecular flexibility index (Phi) is 3.15. The van der Waals surface area contributed by atoms with E-state index >= 15 is 0 Å². The average molecular weight is 288 g/mol. The van der Waals surface area contributed by atoms with Crippen molar-refractivity contribution in [3.8, 4) is 0 Å². The predicted molar refractivity (Wildman–Crippen MR) is 79.2 cm³/mol. The van der Waals surface area contributed by atoms with Gasteiger partial charge < -0.3 is 15.0 Å². The Morgan fingerprint density at radius 3 is 2.48 bits per heavy atom. The van der Waals surface area contributed by atoms with E-state index in [1.165, 1.54) is 5.56 Å². The average Bonchev–Trinajstić information content (AvgIpc) is 2.97. The molecule has 0 saturated carbocycles. The fourth-order valence-electron chi connectivity index (χ4n) is 2.82. The second-order valence-corrected chi connectivity index (χ2v) is 6.72. The number of urea groups is 1. The first kappa shape index (κ1) is 13.9. The number of anilines is 1. The molecule has 112 valence electrons. The van der Waals surface area contributed by atoms with Crippen LogP contribution < -0.4 is 5.32 Å². The van der Waals surface area contributed by atoms with Crippen LogP contribution in [-0.2, 0) is 14.9 Å². The van der Waals surface area contributed by atoms with E-state index in [0.29, 0.717) is 13.0 Å². The lowest BCUT2D eigenvalue weighted by atomic mass is 9.87. The van der Waals surface area contributed by atoms with Gasteiger partial charge in [0.05, 0.1) is 6.54 Å². The Bertz CT molecular complexity index is 574. The number of ether oxygens (including phenoxy) is 1. The van der Waals surface area contributed by atoms with Gasteiger partial charge >= 0.3 is 12.0 Å². The molecule has 2 heterocycles. The van der Waals surface area contributed by atoms with Crippen molar-refractivity contribution in [2.45, 2.75) is 44.8 Å². The van der Waals surface area contributed by atoms with Gasteiger partial charge in [-0.05, 0) is 23.1 Å². The molecule has 2 aliphatic rings. The van der Waals surface area contributed by atoms with E-state index in [1.807, 2.05) is 24.3 Å². The minimum absolute atomic E-state index is 0.0837. The monoisotopic (exact) mass is 288 g/mol. The van der Waals surface area contributed by atoms with Crippen LogP contribution in [0.15, 0.2) is 24.3 Å². The fourth-order valence-corrected chi connectivity index (χ4v) is 2.82. The summed E-state index contributed by atoms with van der Waals surface area (Å²) < 4.78 is 5.08. The van der Waals surface area contributed by atoms with Crippen LogP contribution in [0.2, 0.25) is 0 Å². The number of carbonyl (C=O) groups is 2. The summed E-state index contributed by atoms with van der Waals surface area (Å²) in [6, 6.07) is 7.17. The molecule has 0 unspecified atom stereocenters. The van der Waals surface area contributed by atoms with Crippen LogP contribution >= 0.6 is 0 Å². The lowest BCUT2D eigenvalue weighted by Crippen LogP contribution is -2.46. The third-order valence-electron chi connectivity index (χ3n) is 4.08. The van der Waals surface area contributed by atoms with Crippen LogP contribution in [0.1, 0.15) is 32.8 Å². The zero-order valence-electron chi connectivity index (χ0n) is 12.6. The van der Waals surface area contributed by atoms with Crippen LogP contribution in [-0.4, -0.2) is 35.6 Å². The van der Waals surface area contributed by atoms with Crippen molar-refractivity contribution >= 4 is 17.7 Å². The molecule has 1 N–H and O–H groups in total. The normalized spacial score (nSPS) is 24.1. The third-order valence-corrected chi connectivity index (χ3v) is 4.08. The third kappa shape index (κ3) is 2.60. The topological polar surface area (TPSA) is 58.6 Å². The molecule has 2 aliphatic heterocycles. The number of amides is 2. The van der Waals surface area contributed by atoms with Gasteiger partial charge in [0.25, 0.3) is 0 Å². The second-order valence-electron chi connectivity index (χ2n) is 6.72. The molecule has 1 aromatic carbocycles. The van der Waals surface area contributed by atoms with E-state index in [1.54, 1.807) is 4.90 Å². The van der Waals surface area contributed by atoms with Gasteiger partial charge in [-0.3, -0.25) is 0 Å². The number of rotatable bonds is 1. The highest BCUT2D eigenvalue weighted by Crippen LogP contribution is 2.29. The van der Waals surface area contributed by atoms with Gasteiger partial charge in [0.15, 0.2) is 0 Å². The molecule has 0 spiro atoms. The van der Waals surface area contributed by atoms with Gasteiger partial charge in [0.1, 0.15) is 12.1 Å². The number of hydrogen-bond donors (Lipinski definition) is 1. The van der Waals surface area contributed by atoms with Crippen LogP contribution in [0.25, 0.3) is 0 Å². The van der Waals surface area contributed by atoms with Crippen LogP contribution in [0.4, 0.5) is 10.5 Å². The summed E-state index contributed by atoms with van der Waals surface area (Å²) in [6.07, 6.45) is 0.492. The van der Waals surface area contributed by atoms with Gasteiger partial charge in [-0.25, -0.2) is 9.59 Å². The molecule has 21 heavy (non-hydrogen) atoms. The minimum atomic E-state index is -0.413. The fraction of sp³-hybridized carbons (Fsp3) is 0.500. The van der Waals surface area contributed by atoms with Crippen molar-refractivity contribution < 1.29 is 14.3 Å². The van der Waals surface area contributed by atoms with Crippen molar-refractivity contribution in [3.05, 3.63) is 29.8 Å². The number of carbonyl (C=O) groups excluding carboxylic acids is 2. The molecule has 2 saturated heterocycles. The Morgan fingerprint density at radius 1 is 1.29 bits per heavy atom. The Morgan fingerprint density at radius 2 is 1.95 bits per heavy atom. The smallest absolute Gasteiger partial charge is 0.329 e. The van der Waals surface area contributed by atoms with Gasteiger partial charge in [0.2, 0.25) is 0 Å². The number of likely N-dealkylation sites (tertiary alicyclic amines) is 1. The molecule has 2 bridgehead atoms. The first-order valence-electron chi connectivity index (χ1n) is 7.23. The number of fused-ring (bicyclic) bond motifs is 2. The predicted octanol–water partition coefficient (Wildman–Crippen LogP) is 2.52. The number of nitrogens with zero attached hydrogens (tertiary/aromatic N) is 1. The number of hydrogen-bond acceptors (Lipinski definition) is 3. The molecule has 0 aromatic heterocycles. The quantitative estimate of drug-likeness (QED) is 0.808. The van der Waals surface area contributed by atoms with Crippen molar-refractivity contribution in [2.24, 2.45) is 0 Å². The van der Waals surface area contributed by atoms with Crippen molar-refractivity contribution in [3.63, 3.8) is 0 Å². The largest absolute Gasteiger partial charge is 0.459 e. The van der Waals surface area contributed by atoms with Crippen LogP contribution in [0, 0.1) is 0 Å². The van der Waals surface area contributed by atoms with Gasteiger partial charge in [-0.15, -0.1) is 0 Å². The first-order valence-corrected chi connectivity index (χ1v) is 7.23. The zero-order valence-corrected chi connectivity index (χ0v) is 12.6. The summed E-state index contributed by atoms with van der Waals surface area (Å²) in [4.78, 5) is 25.3. The van der Waals surface area contributed by atoms with Gasteiger partial charge in [0, 0.05) is 12.1 Å². The number of benzene rings is 1. The molecule has 5 heteroatoms. The first-order chi connectivity index (χ1) is 9.84. The Balaban J connectivity index is 1.67. The van der Waals surface area contributed by atoms with Crippen LogP contribution in [0.3, 0.4) is 0 Å². The van der Waals surface area contributed by atoms with E-state index in [2.05, 4.69) is 26.1 Å². The van der Waals surface area contributed by atoms with Crippen molar-refractivity contribution in [1.29, 1.82) is 0 Å². The molecule has 5 nitrogen and oxygen atoms in total. The van der Waals surface area contributed by atoms with Crippen LogP contribution in [0.5, 0.6) is 0 Å². The molecular weight excluding hydrogens is 268 g/mol. The standard InChI is InChI=1S/C16H20N2O3/c1-16(2,3)10-4-6-11(7-5-10)17-15(20)18-9-12-8-13(18)14(19)21-12/h4-7,12-13H,8-9H2,1-3H3,(H,17,20)/t12-,13+/m0/s1. The molecule has 2 amide bonds. The van der Waals surface area contributed by atoms with E-state index in [-0.39, 0.29) is 23.5 Å². The molecule has 1 aromatic rings. The summed E-state index contributed by atoms with van der Waals surface area (Å²) >= 11 is 0. The lowest BCUT2D eigenvalue weighted by Gasteiger charge is -2.26. The van der Waals surface area contributed by atoms with Gasteiger partial charge in [-0.2, -0.15) is 0 Å². The highest BCUT2D eigenvalue weighted by Gasteiger charge is 2.48. The Labute approximate surface area is 124 Å². The maximum atomic E-state index is 12.2. The van der Waals surface area contributed by atoms with Crippen molar-refractivity contribution in [1.82, 2.24) is 4.90 Å². The maximum absolute atomic E-state index is 12.2. The SMILES string of the molecule is CC(C)(C)c1ccc(NC(=O)N2C[C@@H]3C[C@@H]2C(=O)O3)cc1. The number of esters is 1. The lowest BCUT2D eigenvalue weighted by molar-refractivity contribution is -0.149. The van der Waals surface area contributed by atoms with E-state index in [0.717, 1.165) is 5.69 Å². The van der Waals surface area contributed by atoms with Crippen molar-refractivity contribution in [2.75, 3.05) is 11.9 Å². The highest BCUT2D eigenvalue weighted by molar-refractivity contribution is 5.94. The molecule has 2 fully saturated rings. The van der Waals surface area contributed by atoms with E-state index in [9.17, 15) is 9.59 Å². The van der Waals surface area contributed by atoms with E-state index in [4.69, 9.17) is 4.74 Å². The number of morpholine rings is 1. The Hall–Kier alpha value is -2.04. The number of nitrogens with one attached hydrogen (secondary N) is 1. The summed E-state index contributed by atoms with van der Waals surface area (Å²) in [5, 5.41) is 2.85. The molecule has 0 radical (unpaired) electrons. The second kappa shape index (κ2) is 4.76. The summed E-state index contributed by atoms with van der Waals surface area (Å²) in [5.41, 5.74) is 2.04.